The number of thiol groups is 1. The average Bonchev–Trinajstić information content (AvgIpc) is 2.15. The third-order valence-corrected chi connectivity index (χ3v) is 3.48. The molecule has 1 heterocycles. The van der Waals surface area contributed by atoms with Crippen LogP contribution in [0, 0.1) is 5.92 Å². The molecule has 2 atom stereocenters. The molecule has 1 aliphatic heterocycles. The first-order valence-electron chi connectivity index (χ1n) is 5.61. The van der Waals surface area contributed by atoms with Crippen molar-refractivity contribution in [2.24, 2.45) is 5.92 Å². The molecule has 0 aromatic rings. The molecule has 0 spiro atoms. The highest BCUT2D eigenvalue weighted by Gasteiger charge is 2.27. The highest BCUT2D eigenvalue weighted by Crippen LogP contribution is 2.24. The van der Waals surface area contributed by atoms with E-state index < -0.39 is 0 Å². The van der Waals surface area contributed by atoms with Gasteiger partial charge in [0.25, 0.3) is 0 Å². The maximum Gasteiger partial charge on any atom is 0.222 e. The van der Waals surface area contributed by atoms with Gasteiger partial charge in [-0.2, -0.15) is 12.6 Å². The molecular weight excluding hydrogens is 208 g/mol. The van der Waals surface area contributed by atoms with Crippen LogP contribution in [0.5, 0.6) is 0 Å². The number of hydrogen-bond donors (Lipinski definition) is 1. The van der Waals surface area contributed by atoms with Gasteiger partial charge in [0.05, 0.1) is 0 Å². The maximum absolute atomic E-state index is 11.8. The van der Waals surface area contributed by atoms with Crippen LogP contribution in [0.3, 0.4) is 0 Å². The number of carbonyl (C=O) groups is 1. The lowest BCUT2D eigenvalue weighted by atomic mass is 9.93. The third-order valence-electron chi connectivity index (χ3n) is 3.06. The standard InChI is InChI=1S/C11H22N2OS/c1-9(15)10-4-5-13(11(14)8-10)7-6-12(2)3/h9-10,15H,4-8H2,1-3H3/t9?,10-/m0/s1. The van der Waals surface area contributed by atoms with E-state index in [9.17, 15) is 4.79 Å². The molecule has 1 aliphatic rings. The number of nitrogens with zero attached hydrogens (tertiary/aromatic N) is 2. The van der Waals surface area contributed by atoms with Crippen LogP contribution in [0.25, 0.3) is 0 Å². The van der Waals surface area contributed by atoms with Gasteiger partial charge in [0.15, 0.2) is 0 Å². The summed E-state index contributed by atoms with van der Waals surface area (Å²) in [5.74, 6) is 0.769. The molecule has 0 saturated carbocycles. The van der Waals surface area contributed by atoms with Crippen LogP contribution in [-0.2, 0) is 4.79 Å². The predicted octanol–water partition coefficient (Wildman–Crippen LogP) is 1.10. The molecule has 0 N–H and O–H groups in total. The summed E-state index contributed by atoms with van der Waals surface area (Å²) in [5.41, 5.74) is 0. The van der Waals surface area contributed by atoms with E-state index in [1.807, 2.05) is 19.0 Å². The molecule has 3 nitrogen and oxygen atoms in total. The summed E-state index contributed by atoms with van der Waals surface area (Å²) < 4.78 is 0. The van der Waals surface area contributed by atoms with E-state index >= 15 is 0 Å². The summed E-state index contributed by atoms with van der Waals surface area (Å²) >= 11 is 4.42. The fraction of sp³-hybridized carbons (Fsp3) is 0.909. The van der Waals surface area contributed by atoms with Crippen LogP contribution in [0.15, 0.2) is 0 Å². The van der Waals surface area contributed by atoms with E-state index in [4.69, 9.17) is 0 Å². The zero-order valence-corrected chi connectivity index (χ0v) is 10.8. The Balaban J connectivity index is 2.36. The normalized spacial score (nSPS) is 24.7. The number of amides is 1. The molecule has 1 rings (SSSR count). The van der Waals surface area contributed by atoms with Gasteiger partial charge >= 0.3 is 0 Å². The summed E-state index contributed by atoms with van der Waals surface area (Å²) in [6.07, 6.45) is 1.78. The Hall–Kier alpha value is -0.220. The van der Waals surface area contributed by atoms with Crippen molar-refractivity contribution < 1.29 is 4.79 Å². The summed E-state index contributed by atoms with van der Waals surface area (Å²) in [7, 11) is 4.07. The summed E-state index contributed by atoms with van der Waals surface area (Å²) in [6, 6.07) is 0. The van der Waals surface area contributed by atoms with Crippen molar-refractivity contribution in [2.75, 3.05) is 33.7 Å². The molecule has 0 bridgehead atoms. The average molecular weight is 230 g/mol. The Morgan fingerprint density at radius 3 is 2.73 bits per heavy atom. The van der Waals surface area contributed by atoms with Crippen molar-refractivity contribution in [3.8, 4) is 0 Å². The zero-order chi connectivity index (χ0) is 11.4. The SMILES string of the molecule is CC(S)[C@H]1CCN(CCN(C)C)C(=O)C1. The highest BCUT2D eigenvalue weighted by molar-refractivity contribution is 7.80. The first-order valence-corrected chi connectivity index (χ1v) is 6.13. The maximum atomic E-state index is 11.8. The first kappa shape index (κ1) is 12.8. The van der Waals surface area contributed by atoms with Gasteiger partial charge in [-0.25, -0.2) is 0 Å². The molecule has 1 saturated heterocycles. The molecule has 4 heteroatoms. The van der Waals surface area contributed by atoms with Gasteiger partial charge in [0.1, 0.15) is 0 Å². The van der Waals surface area contributed by atoms with E-state index in [1.165, 1.54) is 0 Å². The predicted molar refractivity (Wildman–Crippen MR) is 66.3 cm³/mol. The van der Waals surface area contributed by atoms with Gasteiger partial charge in [-0.15, -0.1) is 0 Å². The topological polar surface area (TPSA) is 23.6 Å². The zero-order valence-electron chi connectivity index (χ0n) is 9.94. The molecule has 1 unspecified atom stereocenters. The van der Waals surface area contributed by atoms with E-state index in [1.54, 1.807) is 0 Å². The molecule has 0 aromatic heterocycles. The lowest BCUT2D eigenvalue weighted by Gasteiger charge is -2.33. The molecule has 1 amide bonds. The molecular formula is C11H22N2OS. The van der Waals surface area contributed by atoms with E-state index in [0.717, 1.165) is 26.1 Å². The number of rotatable bonds is 4. The smallest absolute Gasteiger partial charge is 0.222 e. The number of carbonyl (C=O) groups excluding carboxylic acids is 1. The quantitative estimate of drug-likeness (QED) is 0.731. The fourth-order valence-electron chi connectivity index (χ4n) is 1.87. The molecule has 0 radical (unpaired) electrons. The van der Waals surface area contributed by atoms with Gasteiger partial charge in [-0.05, 0) is 26.4 Å². The van der Waals surface area contributed by atoms with Gasteiger partial charge in [-0.3, -0.25) is 4.79 Å². The second-order valence-electron chi connectivity index (χ2n) is 4.68. The Labute approximate surface area is 98.2 Å². The largest absolute Gasteiger partial charge is 0.341 e. The number of likely N-dealkylation sites (N-methyl/N-ethyl adjacent to an activating group) is 1. The Kier molecular flexibility index (Phi) is 4.93. The Morgan fingerprint density at radius 2 is 2.27 bits per heavy atom. The molecule has 15 heavy (non-hydrogen) atoms. The third kappa shape index (κ3) is 4.03. The summed E-state index contributed by atoms with van der Waals surface area (Å²) in [6.45, 7) is 4.80. The lowest BCUT2D eigenvalue weighted by molar-refractivity contribution is -0.135. The molecule has 0 aromatic carbocycles. The number of hydrogen-bond acceptors (Lipinski definition) is 3. The van der Waals surface area contributed by atoms with E-state index in [2.05, 4.69) is 24.5 Å². The fourth-order valence-corrected chi connectivity index (χ4v) is 2.13. The van der Waals surface area contributed by atoms with E-state index in [0.29, 0.717) is 23.5 Å². The van der Waals surface area contributed by atoms with Gasteiger partial charge < -0.3 is 9.80 Å². The van der Waals surface area contributed by atoms with Crippen molar-refractivity contribution in [3.63, 3.8) is 0 Å². The second-order valence-corrected chi connectivity index (χ2v) is 5.49. The van der Waals surface area contributed by atoms with Crippen LogP contribution < -0.4 is 0 Å². The minimum atomic E-state index is 0.300. The second kappa shape index (κ2) is 5.75. The number of likely N-dealkylation sites (tertiary alicyclic amines) is 1. The van der Waals surface area contributed by atoms with Crippen LogP contribution in [0.4, 0.5) is 0 Å². The number of piperidine rings is 1. The minimum absolute atomic E-state index is 0.300. The molecule has 1 fully saturated rings. The molecule has 0 aliphatic carbocycles. The van der Waals surface area contributed by atoms with Gasteiger partial charge in [-0.1, -0.05) is 6.92 Å². The highest BCUT2D eigenvalue weighted by atomic mass is 32.1. The van der Waals surface area contributed by atoms with E-state index in [-0.39, 0.29) is 0 Å². The first-order chi connectivity index (χ1) is 7.00. The van der Waals surface area contributed by atoms with Crippen LogP contribution in [0.1, 0.15) is 19.8 Å². The molecule has 88 valence electrons. The van der Waals surface area contributed by atoms with Crippen molar-refractivity contribution in [1.82, 2.24) is 9.80 Å². The minimum Gasteiger partial charge on any atom is -0.341 e. The van der Waals surface area contributed by atoms with Crippen LogP contribution in [-0.4, -0.2) is 54.7 Å². The van der Waals surface area contributed by atoms with Crippen molar-refractivity contribution in [1.29, 1.82) is 0 Å². The lowest BCUT2D eigenvalue weighted by Crippen LogP contribution is -2.43. The van der Waals surface area contributed by atoms with Gasteiger partial charge in [0.2, 0.25) is 5.91 Å². The Bertz CT molecular complexity index is 219. The summed E-state index contributed by atoms with van der Waals surface area (Å²) in [5, 5.41) is 0.338. The van der Waals surface area contributed by atoms with Gasteiger partial charge in [0, 0.05) is 31.3 Å². The van der Waals surface area contributed by atoms with Crippen molar-refractivity contribution >= 4 is 18.5 Å². The van der Waals surface area contributed by atoms with Crippen LogP contribution in [0.2, 0.25) is 0 Å². The summed E-state index contributed by atoms with van der Waals surface area (Å²) in [4.78, 5) is 15.9. The van der Waals surface area contributed by atoms with Crippen molar-refractivity contribution in [2.45, 2.75) is 25.0 Å². The van der Waals surface area contributed by atoms with Crippen molar-refractivity contribution in [3.05, 3.63) is 0 Å². The van der Waals surface area contributed by atoms with Crippen LogP contribution >= 0.6 is 12.6 Å². The Morgan fingerprint density at radius 1 is 1.60 bits per heavy atom. The monoisotopic (exact) mass is 230 g/mol.